The minimum atomic E-state index is -0.704. The molecule has 22 heavy (non-hydrogen) atoms. The van der Waals surface area contributed by atoms with Crippen LogP contribution in [-0.4, -0.2) is 47.2 Å². The van der Waals surface area contributed by atoms with Gasteiger partial charge in [0.1, 0.15) is 0 Å². The number of aliphatic hydroxyl groups excluding tert-OH is 2. The fraction of sp³-hybridized carbons (Fsp3) is 0.714. The van der Waals surface area contributed by atoms with Gasteiger partial charge in [0.2, 0.25) is 0 Å². The Balaban J connectivity index is 0. The summed E-state index contributed by atoms with van der Waals surface area (Å²) in [5.74, 6) is -2.05. The van der Waals surface area contributed by atoms with E-state index in [1.807, 2.05) is 6.92 Å². The summed E-state index contributed by atoms with van der Waals surface area (Å²) in [6.45, 7) is 3.37. The molecule has 0 heterocycles. The van der Waals surface area contributed by atoms with Gasteiger partial charge in [-0.25, -0.2) is 0 Å². The van der Waals surface area contributed by atoms with Crippen LogP contribution in [0, 0.1) is 5.41 Å². The van der Waals surface area contributed by atoms with Gasteiger partial charge in [-0.15, -0.1) is 0 Å². The summed E-state index contributed by atoms with van der Waals surface area (Å²) in [5.41, 5.74) is 0. The third-order valence-corrected chi connectivity index (χ3v) is 2.03. The van der Waals surface area contributed by atoms with E-state index in [1.165, 1.54) is 0 Å². The minimum Gasteiger partial charge on any atom is -0.412 e. The van der Waals surface area contributed by atoms with Crippen molar-refractivity contribution in [2.75, 3.05) is 13.2 Å². The molecule has 0 fully saturated rings. The van der Waals surface area contributed by atoms with Crippen molar-refractivity contribution in [3.8, 4) is 0 Å². The molecule has 0 bridgehead atoms. The zero-order chi connectivity index (χ0) is 17.4. The van der Waals surface area contributed by atoms with Crippen LogP contribution in [0.1, 0.15) is 52.4 Å². The number of hydrogen-bond donors (Lipinski definition) is 3. The zero-order valence-corrected chi connectivity index (χ0v) is 13.1. The molecule has 0 aromatic carbocycles. The third-order valence-electron chi connectivity index (χ3n) is 2.03. The monoisotopic (exact) mass is 319 g/mol. The van der Waals surface area contributed by atoms with E-state index in [4.69, 9.17) is 15.6 Å². The van der Waals surface area contributed by atoms with Crippen molar-refractivity contribution in [1.82, 2.24) is 0 Å². The van der Waals surface area contributed by atoms with E-state index in [-0.39, 0.29) is 44.8 Å². The summed E-state index contributed by atoms with van der Waals surface area (Å²) in [5, 5.41) is 22.6. The van der Waals surface area contributed by atoms with Crippen LogP contribution in [-0.2, 0) is 23.9 Å². The first-order chi connectivity index (χ1) is 10.4. The number of nitrogens with one attached hydrogen (secondary N) is 1. The molecule has 0 aliphatic carbocycles. The molecule has 0 aromatic heterocycles. The Morgan fingerprint density at radius 3 is 1.59 bits per heavy atom. The lowest BCUT2D eigenvalue weighted by Gasteiger charge is -2.04. The van der Waals surface area contributed by atoms with Gasteiger partial charge in [0.25, 0.3) is 0 Å². The summed E-state index contributed by atoms with van der Waals surface area (Å²) in [4.78, 5) is 33.2. The number of ether oxygens (including phenoxy) is 2. The van der Waals surface area contributed by atoms with E-state index in [0.29, 0.717) is 12.8 Å². The van der Waals surface area contributed by atoms with Gasteiger partial charge in [-0.3, -0.25) is 19.8 Å². The molecule has 0 saturated heterocycles. The van der Waals surface area contributed by atoms with Crippen molar-refractivity contribution in [3.63, 3.8) is 0 Å². The van der Waals surface area contributed by atoms with Gasteiger partial charge in [-0.1, -0.05) is 13.8 Å². The molecule has 0 aromatic rings. The normalized spacial score (nSPS) is 9.27. The lowest BCUT2D eigenvalue weighted by molar-refractivity contribution is -0.159. The third kappa shape index (κ3) is 16.3. The minimum absolute atomic E-state index is 0.0479. The van der Waals surface area contributed by atoms with Gasteiger partial charge in [0.05, 0.1) is 19.6 Å². The number of esters is 3. The molecule has 0 saturated carbocycles. The number of hydrogen-bond acceptors (Lipinski definition) is 8. The van der Waals surface area contributed by atoms with E-state index in [2.05, 4.69) is 9.47 Å². The second-order valence-corrected chi connectivity index (χ2v) is 4.19. The lowest BCUT2D eigenvalue weighted by Crippen LogP contribution is -2.16. The Labute approximate surface area is 129 Å². The van der Waals surface area contributed by atoms with Crippen LogP contribution in [0.25, 0.3) is 0 Å². The summed E-state index contributed by atoms with van der Waals surface area (Å²) in [6, 6.07) is 0. The predicted octanol–water partition coefficient (Wildman–Crippen LogP) is 0.928. The molecule has 0 unspecified atom stereocenters. The van der Waals surface area contributed by atoms with E-state index >= 15 is 0 Å². The zero-order valence-electron chi connectivity index (χ0n) is 13.1. The number of aliphatic hydroxyl groups is 2. The molecular formula is C14H25NO7. The van der Waals surface area contributed by atoms with Crippen molar-refractivity contribution in [1.29, 1.82) is 5.41 Å². The fourth-order valence-corrected chi connectivity index (χ4v) is 1.09. The Morgan fingerprint density at radius 2 is 1.18 bits per heavy atom. The number of carbonyl (C=O) groups is 3. The maximum atomic E-state index is 11.2. The van der Waals surface area contributed by atoms with Gasteiger partial charge in [0.15, 0.2) is 5.90 Å². The van der Waals surface area contributed by atoms with Crippen LogP contribution in [0.4, 0.5) is 0 Å². The summed E-state index contributed by atoms with van der Waals surface area (Å²) in [6.07, 6.45) is 1.48. The van der Waals surface area contributed by atoms with Gasteiger partial charge < -0.3 is 19.7 Å². The van der Waals surface area contributed by atoms with Crippen molar-refractivity contribution in [2.24, 2.45) is 0 Å². The molecule has 0 rings (SSSR count). The largest absolute Gasteiger partial charge is 0.412 e. The first-order valence-corrected chi connectivity index (χ1v) is 7.14. The van der Waals surface area contributed by atoms with E-state index in [0.717, 1.165) is 0 Å². The molecule has 8 heteroatoms. The lowest BCUT2D eigenvalue weighted by atomic mass is 10.3. The Hall–Kier alpha value is -1.80. The quantitative estimate of drug-likeness (QED) is 0.262. The van der Waals surface area contributed by atoms with Crippen LogP contribution < -0.4 is 0 Å². The Bertz CT molecular complexity index is 321. The molecule has 128 valence electrons. The highest BCUT2D eigenvalue weighted by molar-refractivity contribution is 5.90. The smallest absolute Gasteiger partial charge is 0.313 e. The van der Waals surface area contributed by atoms with Crippen LogP contribution >= 0.6 is 0 Å². The van der Waals surface area contributed by atoms with Crippen LogP contribution in [0.2, 0.25) is 0 Å². The first-order valence-electron chi connectivity index (χ1n) is 7.14. The highest BCUT2D eigenvalue weighted by Gasteiger charge is 2.12. The number of rotatable bonds is 8. The molecule has 0 radical (unpaired) electrons. The van der Waals surface area contributed by atoms with Gasteiger partial charge in [-0.2, -0.15) is 0 Å². The maximum Gasteiger partial charge on any atom is 0.313 e. The SMILES string of the molecule is CCCC(=O)OC(=N)CCC(=O)OC(=O)CCC.OCCO. The molecule has 0 spiro atoms. The standard InChI is InChI=1S/C12H19NO5.C2H6O2/c1-3-5-10(14)17-9(13)7-8-12(16)18-11(15)6-4-2;3-1-2-4/h13H,3-8H2,1-2H3;3-4H,1-2H2. The summed E-state index contributed by atoms with van der Waals surface area (Å²) >= 11 is 0. The van der Waals surface area contributed by atoms with Gasteiger partial charge in [0, 0.05) is 19.3 Å². The van der Waals surface area contributed by atoms with E-state index in [9.17, 15) is 14.4 Å². The molecule has 8 nitrogen and oxygen atoms in total. The van der Waals surface area contributed by atoms with Crippen molar-refractivity contribution < 1.29 is 34.1 Å². The van der Waals surface area contributed by atoms with Crippen molar-refractivity contribution in [3.05, 3.63) is 0 Å². The van der Waals surface area contributed by atoms with Crippen molar-refractivity contribution in [2.45, 2.75) is 52.4 Å². The second-order valence-electron chi connectivity index (χ2n) is 4.19. The van der Waals surface area contributed by atoms with Crippen LogP contribution in [0.3, 0.4) is 0 Å². The molecule has 0 aliphatic rings. The van der Waals surface area contributed by atoms with Crippen LogP contribution in [0.5, 0.6) is 0 Å². The van der Waals surface area contributed by atoms with Gasteiger partial charge >= 0.3 is 17.9 Å². The highest BCUT2D eigenvalue weighted by Crippen LogP contribution is 2.01. The molecule has 0 atom stereocenters. The van der Waals surface area contributed by atoms with E-state index < -0.39 is 17.9 Å². The summed E-state index contributed by atoms with van der Waals surface area (Å²) < 4.78 is 9.12. The topological polar surface area (TPSA) is 134 Å². The second kappa shape index (κ2) is 15.6. The highest BCUT2D eigenvalue weighted by atomic mass is 16.6. The van der Waals surface area contributed by atoms with Crippen molar-refractivity contribution >= 4 is 23.8 Å². The van der Waals surface area contributed by atoms with Gasteiger partial charge in [-0.05, 0) is 12.8 Å². The van der Waals surface area contributed by atoms with E-state index in [1.54, 1.807) is 6.92 Å². The summed E-state index contributed by atoms with van der Waals surface area (Å²) in [7, 11) is 0. The fourth-order valence-electron chi connectivity index (χ4n) is 1.09. The number of carbonyl (C=O) groups excluding carboxylic acids is 3. The molecule has 3 N–H and O–H groups in total. The first kappa shape index (κ1) is 22.5. The molecule has 0 amide bonds. The average Bonchev–Trinajstić information content (AvgIpc) is 2.45. The average molecular weight is 319 g/mol. The Kier molecular flexibility index (Phi) is 15.9. The predicted molar refractivity (Wildman–Crippen MR) is 78.1 cm³/mol. The maximum absolute atomic E-state index is 11.2. The molecule has 0 aliphatic heterocycles. The molecular weight excluding hydrogens is 294 g/mol. The van der Waals surface area contributed by atoms with Crippen LogP contribution in [0.15, 0.2) is 0 Å². The Morgan fingerprint density at radius 1 is 0.773 bits per heavy atom.